The largest absolute Gasteiger partial charge is 0.508 e. The van der Waals surface area contributed by atoms with Crippen LogP contribution in [0, 0.1) is 0 Å². The van der Waals surface area contributed by atoms with E-state index in [1.54, 1.807) is 34.9 Å². The summed E-state index contributed by atoms with van der Waals surface area (Å²) in [5.74, 6) is 1.12. The molecule has 16 heavy (non-hydrogen) atoms. The maximum absolute atomic E-state index is 11.9. The van der Waals surface area contributed by atoms with E-state index in [4.69, 9.17) is 0 Å². The zero-order valence-electron chi connectivity index (χ0n) is 9.64. The third-order valence-electron chi connectivity index (χ3n) is 2.28. The zero-order valence-corrected chi connectivity index (χ0v) is 10.5. The molecule has 0 spiro atoms. The summed E-state index contributed by atoms with van der Waals surface area (Å²) in [5, 5.41) is 9.37. The molecule has 0 bridgehead atoms. The van der Waals surface area contributed by atoms with E-state index in [0.29, 0.717) is 13.0 Å². The quantitative estimate of drug-likeness (QED) is 0.858. The van der Waals surface area contributed by atoms with E-state index in [-0.39, 0.29) is 11.7 Å². The maximum atomic E-state index is 11.9. The fourth-order valence-electron chi connectivity index (χ4n) is 1.49. The average Bonchev–Trinajstić information content (AvgIpc) is 2.27. The molecule has 1 aromatic carbocycles. The van der Waals surface area contributed by atoms with Gasteiger partial charge in [-0.25, -0.2) is 0 Å². The van der Waals surface area contributed by atoms with Crippen LogP contribution < -0.4 is 4.90 Å². The predicted octanol–water partition coefficient (Wildman–Crippen LogP) is 2.50. The first-order valence-electron chi connectivity index (χ1n) is 5.27. The van der Waals surface area contributed by atoms with Crippen LogP contribution in [-0.4, -0.2) is 29.6 Å². The van der Waals surface area contributed by atoms with Crippen molar-refractivity contribution in [3.05, 3.63) is 24.3 Å². The third-order valence-corrected chi connectivity index (χ3v) is 2.89. The lowest BCUT2D eigenvalue weighted by Gasteiger charge is -2.21. The van der Waals surface area contributed by atoms with Gasteiger partial charge in [-0.2, -0.15) is 11.8 Å². The molecule has 4 heteroatoms. The van der Waals surface area contributed by atoms with Crippen LogP contribution in [0.1, 0.15) is 13.3 Å². The van der Waals surface area contributed by atoms with Crippen LogP contribution in [0.5, 0.6) is 5.75 Å². The second-order valence-electron chi connectivity index (χ2n) is 3.40. The van der Waals surface area contributed by atoms with Crippen molar-refractivity contribution in [2.75, 3.05) is 23.5 Å². The number of hydrogen-bond donors (Lipinski definition) is 1. The lowest BCUT2D eigenvalue weighted by Crippen LogP contribution is -2.30. The molecule has 0 unspecified atom stereocenters. The van der Waals surface area contributed by atoms with Gasteiger partial charge >= 0.3 is 0 Å². The molecule has 0 heterocycles. The number of phenols is 1. The highest BCUT2D eigenvalue weighted by molar-refractivity contribution is 7.98. The van der Waals surface area contributed by atoms with Crippen molar-refractivity contribution in [3.63, 3.8) is 0 Å². The summed E-state index contributed by atoms with van der Waals surface area (Å²) in [4.78, 5) is 13.6. The van der Waals surface area contributed by atoms with Crippen LogP contribution in [-0.2, 0) is 4.79 Å². The summed E-state index contributed by atoms with van der Waals surface area (Å²) < 4.78 is 0. The smallest absolute Gasteiger partial charge is 0.227 e. The SMILES string of the molecule is CCN(C(=O)CCSC)c1cccc(O)c1. The molecule has 0 saturated carbocycles. The molecular formula is C12H17NO2S. The van der Waals surface area contributed by atoms with Gasteiger partial charge in [0, 0.05) is 30.5 Å². The summed E-state index contributed by atoms with van der Waals surface area (Å²) in [6, 6.07) is 6.79. The molecule has 0 saturated heterocycles. The van der Waals surface area contributed by atoms with Gasteiger partial charge in [-0.3, -0.25) is 4.79 Å². The van der Waals surface area contributed by atoms with E-state index in [2.05, 4.69) is 0 Å². The molecule has 1 aromatic rings. The molecule has 0 aromatic heterocycles. The van der Waals surface area contributed by atoms with Crippen molar-refractivity contribution in [1.29, 1.82) is 0 Å². The van der Waals surface area contributed by atoms with Gasteiger partial charge in [0.1, 0.15) is 5.75 Å². The summed E-state index contributed by atoms with van der Waals surface area (Å²) in [7, 11) is 0. The number of amides is 1. The minimum atomic E-state index is 0.0995. The maximum Gasteiger partial charge on any atom is 0.227 e. The minimum Gasteiger partial charge on any atom is -0.508 e. The molecule has 0 aliphatic carbocycles. The van der Waals surface area contributed by atoms with Gasteiger partial charge < -0.3 is 10.0 Å². The summed E-state index contributed by atoms with van der Waals surface area (Å²) >= 11 is 1.66. The standard InChI is InChI=1S/C12H17NO2S/c1-3-13(12(15)7-8-16-2)10-5-4-6-11(14)9-10/h4-6,9,14H,3,7-8H2,1-2H3. The number of aromatic hydroxyl groups is 1. The van der Waals surface area contributed by atoms with Crippen molar-refractivity contribution in [1.82, 2.24) is 0 Å². The molecule has 1 N–H and O–H groups in total. The highest BCUT2D eigenvalue weighted by Crippen LogP contribution is 2.20. The zero-order chi connectivity index (χ0) is 12.0. The Hall–Kier alpha value is -1.16. The van der Waals surface area contributed by atoms with Crippen molar-refractivity contribution >= 4 is 23.4 Å². The van der Waals surface area contributed by atoms with E-state index >= 15 is 0 Å². The van der Waals surface area contributed by atoms with Crippen molar-refractivity contribution in [2.24, 2.45) is 0 Å². The molecule has 1 amide bonds. The van der Waals surface area contributed by atoms with Gasteiger partial charge in [-0.15, -0.1) is 0 Å². The van der Waals surface area contributed by atoms with Crippen molar-refractivity contribution in [3.8, 4) is 5.75 Å². The monoisotopic (exact) mass is 239 g/mol. The van der Waals surface area contributed by atoms with Crippen molar-refractivity contribution < 1.29 is 9.90 Å². The topological polar surface area (TPSA) is 40.5 Å². The van der Waals surface area contributed by atoms with Gasteiger partial charge in [0.25, 0.3) is 0 Å². The van der Waals surface area contributed by atoms with Crippen LogP contribution in [0.15, 0.2) is 24.3 Å². The Labute approximate surface area is 100 Å². The average molecular weight is 239 g/mol. The Morgan fingerprint density at radius 2 is 2.25 bits per heavy atom. The van der Waals surface area contributed by atoms with E-state index < -0.39 is 0 Å². The Balaban J connectivity index is 2.77. The lowest BCUT2D eigenvalue weighted by atomic mass is 10.2. The second-order valence-corrected chi connectivity index (χ2v) is 4.39. The highest BCUT2D eigenvalue weighted by atomic mass is 32.2. The van der Waals surface area contributed by atoms with Gasteiger partial charge in [0.15, 0.2) is 0 Å². The van der Waals surface area contributed by atoms with Gasteiger partial charge in [0.05, 0.1) is 0 Å². The molecule has 1 rings (SSSR count). The number of anilines is 1. The van der Waals surface area contributed by atoms with Gasteiger partial charge in [-0.1, -0.05) is 6.07 Å². The van der Waals surface area contributed by atoms with Gasteiger partial charge in [-0.05, 0) is 25.3 Å². The molecular weight excluding hydrogens is 222 g/mol. The van der Waals surface area contributed by atoms with E-state index in [9.17, 15) is 9.90 Å². The molecule has 0 aliphatic heterocycles. The second kappa shape index (κ2) is 6.43. The Kier molecular flexibility index (Phi) is 5.19. The number of nitrogens with zero attached hydrogens (tertiary/aromatic N) is 1. The normalized spacial score (nSPS) is 10.1. The van der Waals surface area contributed by atoms with E-state index in [0.717, 1.165) is 11.4 Å². The number of rotatable bonds is 5. The molecule has 3 nitrogen and oxygen atoms in total. The number of phenolic OH excluding ortho intramolecular Hbond substituents is 1. The van der Waals surface area contributed by atoms with E-state index in [1.807, 2.05) is 19.2 Å². The number of benzene rings is 1. The Bertz CT molecular complexity index is 355. The molecule has 0 atom stereocenters. The van der Waals surface area contributed by atoms with E-state index in [1.165, 1.54) is 0 Å². The summed E-state index contributed by atoms with van der Waals surface area (Å²) in [6.45, 7) is 2.55. The molecule has 88 valence electrons. The Morgan fingerprint density at radius 3 is 2.81 bits per heavy atom. The lowest BCUT2D eigenvalue weighted by molar-refractivity contribution is -0.118. The van der Waals surface area contributed by atoms with Crippen LogP contribution in [0.25, 0.3) is 0 Å². The van der Waals surface area contributed by atoms with Crippen LogP contribution in [0.2, 0.25) is 0 Å². The minimum absolute atomic E-state index is 0.0995. The summed E-state index contributed by atoms with van der Waals surface area (Å²) in [5.41, 5.74) is 0.758. The Morgan fingerprint density at radius 1 is 1.50 bits per heavy atom. The third kappa shape index (κ3) is 3.45. The number of carbonyl (C=O) groups is 1. The number of hydrogen-bond acceptors (Lipinski definition) is 3. The molecule has 0 radical (unpaired) electrons. The first-order chi connectivity index (χ1) is 7.69. The van der Waals surface area contributed by atoms with Crippen LogP contribution in [0.3, 0.4) is 0 Å². The predicted molar refractivity (Wildman–Crippen MR) is 69.1 cm³/mol. The molecule has 0 aliphatic rings. The molecule has 0 fully saturated rings. The fourth-order valence-corrected chi connectivity index (χ4v) is 1.87. The summed E-state index contributed by atoms with van der Waals surface area (Å²) in [6.07, 6.45) is 2.52. The number of carbonyl (C=O) groups excluding carboxylic acids is 1. The highest BCUT2D eigenvalue weighted by Gasteiger charge is 2.13. The van der Waals surface area contributed by atoms with Crippen molar-refractivity contribution in [2.45, 2.75) is 13.3 Å². The van der Waals surface area contributed by atoms with Crippen LogP contribution in [0.4, 0.5) is 5.69 Å². The first-order valence-corrected chi connectivity index (χ1v) is 6.66. The first kappa shape index (κ1) is 12.9. The van der Waals surface area contributed by atoms with Gasteiger partial charge in [0.2, 0.25) is 5.91 Å². The number of thioether (sulfide) groups is 1. The fraction of sp³-hybridized carbons (Fsp3) is 0.417. The van der Waals surface area contributed by atoms with Crippen LogP contribution >= 0.6 is 11.8 Å².